The first-order valence-electron chi connectivity index (χ1n) is 6.03. The van der Waals surface area contributed by atoms with Crippen LogP contribution in [0.5, 0.6) is 0 Å². The fourth-order valence-corrected chi connectivity index (χ4v) is 4.14. The Morgan fingerprint density at radius 2 is 1.88 bits per heavy atom. The van der Waals surface area contributed by atoms with Gasteiger partial charge in [0, 0.05) is 31.7 Å². The summed E-state index contributed by atoms with van der Waals surface area (Å²) in [4.78, 5) is 0. The van der Waals surface area contributed by atoms with Gasteiger partial charge in [-0.1, -0.05) is 6.92 Å². The molecule has 0 spiro atoms. The van der Waals surface area contributed by atoms with Gasteiger partial charge in [-0.05, 0) is 25.7 Å². The largest absolute Gasteiger partial charge is 0.311 e. The highest BCUT2D eigenvalue weighted by Gasteiger charge is 2.38. The smallest absolute Gasteiger partial charge is 0.279 e. The van der Waals surface area contributed by atoms with E-state index in [2.05, 4.69) is 10.0 Å². The minimum Gasteiger partial charge on any atom is -0.311 e. The lowest BCUT2D eigenvalue weighted by molar-refractivity contribution is 0.230. The number of piperidine rings is 1. The van der Waals surface area contributed by atoms with Crippen LogP contribution in [0.15, 0.2) is 0 Å². The van der Waals surface area contributed by atoms with Crippen molar-refractivity contribution in [2.75, 3.05) is 13.6 Å². The summed E-state index contributed by atoms with van der Waals surface area (Å²) in [5.74, 6) is 0. The van der Waals surface area contributed by atoms with Gasteiger partial charge in [0.1, 0.15) is 0 Å². The molecule has 2 N–H and O–H groups in total. The van der Waals surface area contributed by atoms with Crippen LogP contribution in [0.4, 0.5) is 0 Å². The molecule has 0 aromatic carbocycles. The van der Waals surface area contributed by atoms with Crippen molar-refractivity contribution in [2.45, 2.75) is 50.7 Å². The third-order valence-electron chi connectivity index (χ3n) is 3.73. The summed E-state index contributed by atoms with van der Waals surface area (Å²) in [6, 6.07) is 1.20. The molecule has 2 aliphatic rings. The molecule has 0 aromatic heterocycles. The molecule has 0 aliphatic carbocycles. The fraction of sp³-hybridized carbons (Fsp3) is 1.00. The van der Waals surface area contributed by atoms with Gasteiger partial charge in [-0.2, -0.15) is 12.7 Å². The quantitative estimate of drug-likeness (QED) is 0.738. The van der Waals surface area contributed by atoms with Crippen molar-refractivity contribution in [1.29, 1.82) is 0 Å². The summed E-state index contributed by atoms with van der Waals surface area (Å²) < 4.78 is 27.7. The summed E-state index contributed by atoms with van der Waals surface area (Å²) in [6.45, 7) is 2.45. The summed E-state index contributed by atoms with van der Waals surface area (Å²) in [7, 11) is -1.79. The SMILES string of the molecule is CCN(C1CC2CCC(C1)N2)S(=O)(=O)NC. The minimum absolute atomic E-state index is 0.168. The fourth-order valence-electron chi connectivity index (χ4n) is 3.00. The Kier molecular flexibility index (Phi) is 3.53. The highest BCUT2D eigenvalue weighted by molar-refractivity contribution is 7.87. The van der Waals surface area contributed by atoms with Gasteiger partial charge in [-0.3, -0.25) is 0 Å². The Labute approximate surface area is 97.8 Å². The van der Waals surface area contributed by atoms with Crippen LogP contribution in [0.3, 0.4) is 0 Å². The number of hydrogen-bond donors (Lipinski definition) is 2. The molecule has 0 aromatic rings. The van der Waals surface area contributed by atoms with Gasteiger partial charge < -0.3 is 5.32 Å². The van der Waals surface area contributed by atoms with Gasteiger partial charge >= 0.3 is 0 Å². The van der Waals surface area contributed by atoms with E-state index in [0.717, 1.165) is 12.8 Å². The number of rotatable bonds is 4. The van der Waals surface area contributed by atoms with Crippen molar-refractivity contribution < 1.29 is 8.42 Å². The first-order chi connectivity index (χ1) is 7.56. The molecule has 2 aliphatic heterocycles. The van der Waals surface area contributed by atoms with Crippen LogP contribution in [0, 0.1) is 0 Å². The average molecular weight is 247 g/mol. The molecule has 0 amide bonds. The van der Waals surface area contributed by atoms with E-state index in [0.29, 0.717) is 18.6 Å². The zero-order chi connectivity index (χ0) is 11.8. The van der Waals surface area contributed by atoms with Crippen molar-refractivity contribution in [3.05, 3.63) is 0 Å². The zero-order valence-electron chi connectivity index (χ0n) is 9.94. The molecule has 2 bridgehead atoms. The van der Waals surface area contributed by atoms with E-state index in [4.69, 9.17) is 0 Å². The van der Waals surface area contributed by atoms with Crippen molar-refractivity contribution in [3.8, 4) is 0 Å². The lowest BCUT2D eigenvalue weighted by Gasteiger charge is -2.36. The van der Waals surface area contributed by atoms with Gasteiger partial charge in [0.15, 0.2) is 0 Å². The third-order valence-corrected chi connectivity index (χ3v) is 5.42. The molecule has 0 saturated carbocycles. The second-order valence-corrected chi connectivity index (χ2v) is 6.50. The van der Waals surface area contributed by atoms with Gasteiger partial charge in [0.2, 0.25) is 0 Å². The lowest BCUT2D eigenvalue weighted by atomic mass is 10.00. The van der Waals surface area contributed by atoms with Gasteiger partial charge in [-0.15, -0.1) is 0 Å². The van der Waals surface area contributed by atoms with E-state index in [1.54, 1.807) is 4.31 Å². The maximum absolute atomic E-state index is 11.9. The Morgan fingerprint density at radius 3 is 2.31 bits per heavy atom. The number of fused-ring (bicyclic) bond motifs is 2. The van der Waals surface area contributed by atoms with Crippen LogP contribution in [0.25, 0.3) is 0 Å². The summed E-state index contributed by atoms with van der Waals surface area (Å²) in [5, 5.41) is 3.53. The molecule has 2 fully saturated rings. The van der Waals surface area contributed by atoms with Crippen LogP contribution >= 0.6 is 0 Å². The highest BCUT2D eigenvalue weighted by Crippen LogP contribution is 2.30. The molecule has 6 heteroatoms. The van der Waals surface area contributed by atoms with Crippen LogP contribution in [-0.4, -0.2) is 44.4 Å². The summed E-state index contributed by atoms with van der Waals surface area (Å²) in [6.07, 6.45) is 4.28. The Morgan fingerprint density at radius 1 is 1.31 bits per heavy atom. The van der Waals surface area contributed by atoms with Crippen molar-refractivity contribution in [1.82, 2.24) is 14.3 Å². The molecule has 94 valence electrons. The molecule has 2 saturated heterocycles. The summed E-state index contributed by atoms with van der Waals surface area (Å²) >= 11 is 0. The topological polar surface area (TPSA) is 61.4 Å². The first kappa shape index (κ1) is 12.3. The predicted octanol–water partition coefficient (Wildman–Crippen LogP) is 0.0555. The maximum atomic E-state index is 11.9. The monoisotopic (exact) mass is 247 g/mol. The Bertz CT molecular complexity index is 332. The second-order valence-electron chi connectivity index (χ2n) is 4.68. The Hall–Kier alpha value is -0.170. The van der Waals surface area contributed by atoms with E-state index in [9.17, 15) is 8.42 Å². The molecule has 5 nitrogen and oxygen atoms in total. The molecule has 2 unspecified atom stereocenters. The molecule has 2 heterocycles. The van der Waals surface area contributed by atoms with Gasteiger partial charge in [0.25, 0.3) is 10.2 Å². The normalized spacial score (nSPS) is 34.6. The van der Waals surface area contributed by atoms with Crippen LogP contribution in [0.1, 0.15) is 32.6 Å². The number of nitrogens with one attached hydrogen (secondary N) is 2. The third kappa shape index (κ3) is 2.25. The van der Waals surface area contributed by atoms with Gasteiger partial charge in [0.05, 0.1) is 0 Å². The molecule has 0 radical (unpaired) electrons. The molecule has 2 rings (SSSR count). The standard InChI is InChI=1S/C10H21N3O2S/c1-3-13(16(14,15)11-2)10-6-8-4-5-9(7-10)12-8/h8-12H,3-7H2,1-2H3. The van der Waals surface area contributed by atoms with E-state index in [1.165, 1.54) is 19.9 Å². The number of nitrogens with zero attached hydrogens (tertiary/aromatic N) is 1. The Balaban J connectivity index is 2.11. The molecule has 16 heavy (non-hydrogen) atoms. The van der Waals surface area contributed by atoms with E-state index in [-0.39, 0.29) is 6.04 Å². The first-order valence-corrected chi connectivity index (χ1v) is 7.47. The predicted molar refractivity (Wildman–Crippen MR) is 63.3 cm³/mol. The van der Waals surface area contributed by atoms with Crippen LogP contribution in [0.2, 0.25) is 0 Å². The van der Waals surface area contributed by atoms with Crippen molar-refractivity contribution >= 4 is 10.2 Å². The number of hydrogen-bond acceptors (Lipinski definition) is 3. The van der Waals surface area contributed by atoms with E-state index in [1.807, 2.05) is 6.92 Å². The average Bonchev–Trinajstić information content (AvgIpc) is 2.59. The molecular formula is C10H21N3O2S. The molecular weight excluding hydrogens is 226 g/mol. The summed E-state index contributed by atoms with van der Waals surface area (Å²) in [5.41, 5.74) is 0. The molecule has 2 atom stereocenters. The van der Waals surface area contributed by atoms with E-state index >= 15 is 0 Å². The van der Waals surface area contributed by atoms with Crippen LogP contribution < -0.4 is 10.0 Å². The lowest BCUT2D eigenvalue weighted by Crippen LogP contribution is -2.52. The van der Waals surface area contributed by atoms with Crippen molar-refractivity contribution in [3.63, 3.8) is 0 Å². The minimum atomic E-state index is -3.27. The maximum Gasteiger partial charge on any atom is 0.279 e. The van der Waals surface area contributed by atoms with Gasteiger partial charge in [-0.25, -0.2) is 4.72 Å². The highest BCUT2D eigenvalue weighted by atomic mass is 32.2. The zero-order valence-corrected chi connectivity index (χ0v) is 10.8. The van der Waals surface area contributed by atoms with E-state index < -0.39 is 10.2 Å². The second kappa shape index (κ2) is 4.60. The van der Waals surface area contributed by atoms with Crippen LogP contribution in [-0.2, 0) is 10.2 Å². The van der Waals surface area contributed by atoms with Crippen molar-refractivity contribution in [2.24, 2.45) is 0 Å².